The van der Waals surface area contributed by atoms with Crippen LogP contribution in [-0.4, -0.2) is 42.4 Å². The van der Waals surface area contributed by atoms with E-state index in [1.54, 1.807) is 12.1 Å². The first kappa shape index (κ1) is 25.1. The Morgan fingerprint density at radius 2 is 1.39 bits per heavy atom. The van der Waals surface area contributed by atoms with Gasteiger partial charge in [0.1, 0.15) is 5.75 Å². The van der Waals surface area contributed by atoms with Gasteiger partial charge in [0.25, 0.3) is 0 Å². The van der Waals surface area contributed by atoms with Gasteiger partial charge in [0.05, 0.1) is 6.42 Å². The number of aromatic hydroxyl groups is 1. The maximum absolute atomic E-state index is 13.4. The molecular weight excluding hydrogens is 389 g/mol. The molecule has 0 aromatic heterocycles. The van der Waals surface area contributed by atoms with Crippen LogP contribution < -0.4 is 5.32 Å². The van der Waals surface area contributed by atoms with Gasteiger partial charge in [0.2, 0.25) is 0 Å². The Balaban J connectivity index is 0.00000392. The van der Waals surface area contributed by atoms with Crippen molar-refractivity contribution in [1.29, 1.82) is 0 Å². The number of hydrogen-bond acceptors (Lipinski definition) is 3. The van der Waals surface area contributed by atoms with Gasteiger partial charge in [-0.25, -0.2) is 0 Å². The molecular formula is C21H34ClF3N2O. The van der Waals surface area contributed by atoms with Crippen LogP contribution in [0, 0.1) is 0 Å². The molecule has 28 heavy (non-hydrogen) atoms. The van der Waals surface area contributed by atoms with Crippen molar-refractivity contribution in [2.45, 2.75) is 71.0 Å². The molecule has 1 aliphatic heterocycles. The Kier molecular flexibility index (Phi) is 7.88. The lowest BCUT2D eigenvalue weighted by Crippen LogP contribution is -2.46. The first-order valence-corrected chi connectivity index (χ1v) is 9.59. The van der Waals surface area contributed by atoms with Crippen molar-refractivity contribution in [3.63, 3.8) is 0 Å². The minimum absolute atomic E-state index is 0. The Bertz CT molecular complexity index is 622. The fourth-order valence-corrected chi connectivity index (χ4v) is 3.66. The predicted molar refractivity (Wildman–Crippen MR) is 111 cm³/mol. The Morgan fingerprint density at radius 3 is 1.75 bits per heavy atom. The molecule has 0 bridgehead atoms. The van der Waals surface area contributed by atoms with Gasteiger partial charge in [-0.1, -0.05) is 41.5 Å². The van der Waals surface area contributed by atoms with Crippen LogP contribution in [0.1, 0.15) is 70.7 Å². The second-order valence-corrected chi connectivity index (χ2v) is 9.59. The number of hydrogen-bond donors (Lipinski definition) is 2. The lowest BCUT2D eigenvalue weighted by atomic mass is 9.77. The van der Waals surface area contributed by atoms with E-state index < -0.39 is 18.6 Å². The average molecular weight is 423 g/mol. The summed E-state index contributed by atoms with van der Waals surface area (Å²) < 4.78 is 40.2. The molecule has 1 aromatic rings. The van der Waals surface area contributed by atoms with E-state index in [9.17, 15) is 18.3 Å². The van der Waals surface area contributed by atoms with Gasteiger partial charge >= 0.3 is 6.18 Å². The van der Waals surface area contributed by atoms with Crippen molar-refractivity contribution < 1.29 is 18.3 Å². The average Bonchev–Trinajstić information content (AvgIpc) is 2.51. The molecule has 0 aliphatic carbocycles. The summed E-state index contributed by atoms with van der Waals surface area (Å²) in [7, 11) is 0. The summed E-state index contributed by atoms with van der Waals surface area (Å²) in [4.78, 5) is 1.91. The van der Waals surface area contributed by atoms with E-state index in [0.29, 0.717) is 42.9 Å². The van der Waals surface area contributed by atoms with E-state index in [1.165, 1.54) is 0 Å². The molecule has 0 amide bonds. The second-order valence-electron chi connectivity index (χ2n) is 9.59. The Morgan fingerprint density at radius 1 is 0.964 bits per heavy atom. The second kappa shape index (κ2) is 8.80. The highest BCUT2D eigenvalue weighted by molar-refractivity contribution is 5.85. The smallest absolute Gasteiger partial charge is 0.390 e. The van der Waals surface area contributed by atoms with Gasteiger partial charge in [0.15, 0.2) is 0 Å². The zero-order valence-corrected chi connectivity index (χ0v) is 18.5. The van der Waals surface area contributed by atoms with E-state index in [-0.39, 0.29) is 29.0 Å². The van der Waals surface area contributed by atoms with Crippen molar-refractivity contribution in [3.8, 4) is 5.75 Å². The molecule has 2 N–H and O–H groups in total. The summed E-state index contributed by atoms with van der Waals surface area (Å²) in [6.07, 6.45) is -5.14. The number of halogens is 4. The summed E-state index contributed by atoms with van der Waals surface area (Å²) in [6.45, 7) is 14.4. The fourth-order valence-electron chi connectivity index (χ4n) is 3.66. The molecule has 1 heterocycles. The van der Waals surface area contributed by atoms with Crippen molar-refractivity contribution in [3.05, 3.63) is 28.8 Å². The van der Waals surface area contributed by atoms with E-state index in [1.807, 2.05) is 46.4 Å². The number of phenols is 1. The lowest BCUT2D eigenvalue weighted by Gasteiger charge is -2.37. The number of phenolic OH excluding ortho intramolecular Hbond substituents is 1. The molecule has 1 atom stereocenters. The van der Waals surface area contributed by atoms with Gasteiger partial charge < -0.3 is 10.4 Å². The molecule has 1 saturated heterocycles. The maximum Gasteiger partial charge on any atom is 0.390 e. The summed E-state index contributed by atoms with van der Waals surface area (Å²) in [5.41, 5.74) is 1.31. The summed E-state index contributed by atoms with van der Waals surface area (Å²) >= 11 is 0. The molecule has 162 valence electrons. The topological polar surface area (TPSA) is 35.5 Å². The van der Waals surface area contributed by atoms with Gasteiger partial charge in [0, 0.05) is 32.2 Å². The van der Waals surface area contributed by atoms with Crippen LogP contribution in [0.15, 0.2) is 12.1 Å². The van der Waals surface area contributed by atoms with Crippen LogP contribution in [0.4, 0.5) is 13.2 Å². The van der Waals surface area contributed by atoms with Gasteiger partial charge in [-0.15, -0.1) is 12.4 Å². The first-order valence-electron chi connectivity index (χ1n) is 9.59. The fraction of sp³-hybridized carbons (Fsp3) is 0.714. The highest BCUT2D eigenvalue weighted by atomic mass is 35.5. The third kappa shape index (κ3) is 6.26. The predicted octanol–water partition coefficient (Wildman–Crippen LogP) is 5.31. The van der Waals surface area contributed by atoms with Crippen LogP contribution in [0.2, 0.25) is 0 Å². The molecule has 0 saturated carbocycles. The molecule has 7 heteroatoms. The van der Waals surface area contributed by atoms with Crippen LogP contribution in [0.3, 0.4) is 0 Å². The molecule has 0 radical (unpaired) electrons. The monoisotopic (exact) mass is 422 g/mol. The third-order valence-corrected chi connectivity index (χ3v) is 5.15. The minimum Gasteiger partial charge on any atom is -0.507 e. The van der Waals surface area contributed by atoms with E-state index >= 15 is 0 Å². The van der Waals surface area contributed by atoms with E-state index in [4.69, 9.17) is 0 Å². The highest BCUT2D eigenvalue weighted by Gasteiger charge is 2.37. The number of piperazine rings is 1. The van der Waals surface area contributed by atoms with E-state index in [2.05, 4.69) is 5.32 Å². The summed E-state index contributed by atoms with van der Waals surface area (Å²) in [5, 5.41) is 14.1. The molecule has 1 aliphatic rings. The summed E-state index contributed by atoms with van der Waals surface area (Å²) in [6, 6.07) is 2.82. The van der Waals surface area contributed by atoms with Gasteiger partial charge in [-0.05, 0) is 39.7 Å². The van der Waals surface area contributed by atoms with Crippen LogP contribution in [-0.2, 0) is 10.8 Å². The number of benzene rings is 1. The van der Waals surface area contributed by atoms with E-state index in [0.717, 1.165) is 0 Å². The number of alkyl halides is 3. The van der Waals surface area contributed by atoms with Crippen molar-refractivity contribution >= 4 is 12.4 Å². The normalized spacial score (nSPS) is 17.9. The van der Waals surface area contributed by atoms with Crippen LogP contribution >= 0.6 is 12.4 Å². The molecule has 1 fully saturated rings. The zero-order valence-electron chi connectivity index (χ0n) is 17.7. The number of nitrogens with one attached hydrogen (secondary N) is 1. The first-order chi connectivity index (χ1) is 12.2. The van der Waals surface area contributed by atoms with Crippen LogP contribution in [0.5, 0.6) is 5.75 Å². The van der Waals surface area contributed by atoms with Crippen molar-refractivity contribution in [1.82, 2.24) is 10.2 Å². The molecule has 1 aromatic carbocycles. The maximum atomic E-state index is 13.4. The molecule has 0 unspecified atom stereocenters. The molecule has 3 nitrogen and oxygen atoms in total. The van der Waals surface area contributed by atoms with Crippen LogP contribution in [0.25, 0.3) is 0 Å². The number of nitrogens with zero attached hydrogens (tertiary/aromatic N) is 1. The summed E-state index contributed by atoms with van der Waals surface area (Å²) in [5.74, 6) is 0.199. The standard InChI is InChI=1S/C21H33F3N2O.ClH/c1-19(2,3)15-11-14(12-16(18(15)27)20(4,5)6)17(13-21(22,23)24)26-9-7-25-8-10-26;/h11-12,17,25,27H,7-10,13H2,1-6H3;1H/t17-;/m0./s1. The van der Waals surface area contributed by atoms with Crippen molar-refractivity contribution in [2.75, 3.05) is 26.2 Å². The highest BCUT2D eigenvalue weighted by Crippen LogP contribution is 2.43. The largest absolute Gasteiger partial charge is 0.507 e. The quantitative estimate of drug-likeness (QED) is 0.693. The minimum atomic E-state index is -4.25. The zero-order chi connectivity index (χ0) is 20.6. The number of rotatable bonds is 3. The van der Waals surface area contributed by atoms with Gasteiger partial charge in [-0.2, -0.15) is 13.2 Å². The SMILES string of the molecule is CC(C)(C)c1cc([C@H](CC(F)(F)F)N2CCNCC2)cc(C(C)(C)C)c1O.Cl. The Hall–Kier alpha value is -0.980. The molecule has 2 rings (SSSR count). The lowest BCUT2D eigenvalue weighted by molar-refractivity contribution is -0.148. The Labute approximate surface area is 173 Å². The third-order valence-electron chi connectivity index (χ3n) is 5.15. The van der Waals surface area contributed by atoms with Gasteiger partial charge in [-0.3, -0.25) is 4.90 Å². The molecule has 0 spiro atoms. The van der Waals surface area contributed by atoms with Crippen molar-refractivity contribution in [2.24, 2.45) is 0 Å².